The molecular weight excluding hydrogens is 386 g/mol. The molecule has 2 aromatic carbocycles. The quantitative estimate of drug-likeness (QED) is 0.754. The number of carbonyl (C=O) groups excluding carboxylic acids is 1. The smallest absolute Gasteiger partial charge is 0.241 e. The van der Waals surface area contributed by atoms with Gasteiger partial charge in [-0.25, -0.2) is 13.1 Å². The lowest BCUT2D eigenvalue weighted by Crippen LogP contribution is -2.47. The second-order valence-corrected chi connectivity index (χ2v) is 9.30. The molecule has 0 spiro atoms. The molecule has 0 aliphatic carbocycles. The van der Waals surface area contributed by atoms with Gasteiger partial charge in [-0.05, 0) is 43.7 Å². The second kappa shape index (κ2) is 9.52. The highest BCUT2D eigenvalue weighted by molar-refractivity contribution is 7.89. The average Bonchev–Trinajstić information content (AvgIpc) is 2.73. The maximum absolute atomic E-state index is 12.7. The van der Waals surface area contributed by atoms with Gasteiger partial charge in [0.15, 0.2) is 0 Å². The Morgan fingerprint density at radius 1 is 1.00 bits per heavy atom. The number of carbonyl (C=O) groups is 1. The second-order valence-electron chi connectivity index (χ2n) is 7.58. The maximum atomic E-state index is 12.7. The van der Waals surface area contributed by atoms with Gasteiger partial charge >= 0.3 is 0 Å². The molecule has 1 amide bonds. The minimum atomic E-state index is -3.61. The Bertz CT molecular complexity index is 906. The van der Waals surface area contributed by atoms with Gasteiger partial charge in [0.25, 0.3) is 0 Å². The number of aryl methyl sites for hydroxylation is 1. The molecule has 2 aromatic rings. The number of nitrogens with one attached hydrogen (secondary N) is 1. The van der Waals surface area contributed by atoms with Crippen molar-refractivity contribution < 1.29 is 13.2 Å². The van der Waals surface area contributed by atoms with E-state index in [0.29, 0.717) is 12.8 Å². The number of amides is 1. The molecule has 0 aromatic heterocycles. The molecule has 7 heteroatoms. The van der Waals surface area contributed by atoms with Gasteiger partial charge in [0.1, 0.15) is 0 Å². The molecule has 0 unspecified atom stereocenters. The van der Waals surface area contributed by atoms with Crippen molar-refractivity contribution in [1.29, 1.82) is 0 Å². The largest absolute Gasteiger partial charge is 0.340 e. The standard InChI is InChI=1S/C22H29N3O3S/c1-18(20-6-4-3-5-7-20)23-29(27,28)21-11-8-19(9-12-21)10-13-22(26)25-16-14-24(2)15-17-25/h3-9,11-12,18,23H,10,13-17H2,1-2H3/t18-/m1/s1. The first-order chi connectivity index (χ1) is 13.8. The van der Waals surface area contributed by atoms with E-state index in [0.717, 1.165) is 37.3 Å². The molecule has 1 aliphatic heterocycles. The first kappa shape index (κ1) is 21.5. The molecule has 29 heavy (non-hydrogen) atoms. The van der Waals surface area contributed by atoms with Gasteiger partial charge in [-0.2, -0.15) is 0 Å². The molecule has 1 aliphatic rings. The van der Waals surface area contributed by atoms with Crippen molar-refractivity contribution in [1.82, 2.24) is 14.5 Å². The number of sulfonamides is 1. The molecule has 0 bridgehead atoms. The fourth-order valence-corrected chi connectivity index (χ4v) is 4.64. The molecule has 156 valence electrons. The molecule has 1 atom stereocenters. The Morgan fingerprint density at radius 3 is 2.24 bits per heavy atom. The van der Waals surface area contributed by atoms with Gasteiger partial charge in [-0.1, -0.05) is 42.5 Å². The van der Waals surface area contributed by atoms with E-state index in [9.17, 15) is 13.2 Å². The van der Waals surface area contributed by atoms with Crippen LogP contribution in [0.15, 0.2) is 59.5 Å². The van der Waals surface area contributed by atoms with Gasteiger partial charge < -0.3 is 9.80 Å². The summed E-state index contributed by atoms with van der Waals surface area (Å²) in [6.45, 7) is 5.19. The summed E-state index contributed by atoms with van der Waals surface area (Å²) in [5, 5.41) is 0. The molecule has 0 saturated carbocycles. The van der Waals surface area contributed by atoms with E-state index in [4.69, 9.17) is 0 Å². The molecular formula is C22H29N3O3S. The fraction of sp³-hybridized carbons (Fsp3) is 0.409. The first-order valence-electron chi connectivity index (χ1n) is 9.98. The van der Waals surface area contributed by atoms with Crippen LogP contribution in [0.2, 0.25) is 0 Å². The zero-order chi connectivity index (χ0) is 20.9. The van der Waals surface area contributed by atoms with Crippen molar-refractivity contribution in [2.45, 2.75) is 30.7 Å². The summed E-state index contributed by atoms with van der Waals surface area (Å²) in [6, 6.07) is 15.9. The minimum absolute atomic E-state index is 0.160. The minimum Gasteiger partial charge on any atom is -0.340 e. The Labute approximate surface area is 173 Å². The number of likely N-dealkylation sites (N-methyl/N-ethyl adjacent to an activating group) is 1. The molecule has 3 rings (SSSR count). The average molecular weight is 416 g/mol. The molecule has 1 fully saturated rings. The summed E-state index contributed by atoms with van der Waals surface area (Å²) in [5.74, 6) is 0.160. The van der Waals surface area contributed by atoms with Crippen molar-refractivity contribution in [3.63, 3.8) is 0 Å². The molecule has 1 N–H and O–H groups in total. The number of piperazine rings is 1. The van der Waals surface area contributed by atoms with Crippen molar-refractivity contribution >= 4 is 15.9 Å². The number of benzene rings is 2. The molecule has 6 nitrogen and oxygen atoms in total. The summed E-state index contributed by atoms with van der Waals surface area (Å²) in [4.78, 5) is 16.7. The third-order valence-corrected chi connectivity index (χ3v) is 6.91. The number of rotatable bonds is 7. The van der Waals surface area contributed by atoms with E-state index in [1.165, 1.54) is 0 Å². The Hall–Kier alpha value is -2.22. The third-order valence-electron chi connectivity index (χ3n) is 5.35. The maximum Gasteiger partial charge on any atom is 0.241 e. The normalized spacial score (nSPS) is 16.6. The lowest BCUT2D eigenvalue weighted by molar-refractivity contribution is -0.132. The van der Waals surface area contributed by atoms with Gasteiger partial charge in [0.2, 0.25) is 15.9 Å². The van der Waals surface area contributed by atoms with Crippen LogP contribution in [0.4, 0.5) is 0 Å². The number of hydrogen-bond acceptors (Lipinski definition) is 4. The van der Waals surface area contributed by atoms with Crippen LogP contribution < -0.4 is 4.72 Å². The van der Waals surface area contributed by atoms with Gasteiger partial charge in [-0.3, -0.25) is 4.79 Å². The topological polar surface area (TPSA) is 69.7 Å². The van der Waals surface area contributed by atoms with E-state index in [1.54, 1.807) is 24.3 Å². The zero-order valence-corrected chi connectivity index (χ0v) is 17.9. The van der Waals surface area contributed by atoms with Crippen molar-refractivity contribution in [3.05, 3.63) is 65.7 Å². The third kappa shape index (κ3) is 5.88. The zero-order valence-electron chi connectivity index (χ0n) is 17.0. The van der Waals surface area contributed by atoms with Crippen LogP contribution in [0, 0.1) is 0 Å². The van der Waals surface area contributed by atoms with Crippen LogP contribution in [0.1, 0.15) is 30.5 Å². The fourth-order valence-electron chi connectivity index (χ4n) is 3.41. The van der Waals surface area contributed by atoms with Crippen LogP contribution in [0.3, 0.4) is 0 Å². The summed E-state index contributed by atoms with van der Waals surface area (Å²) in [5.41, 5.74) is 1.87. The van der Waals surface area contributed by atoms with Gasteiger partial charge in [-0.15, -0.1) is 0 Å². The van der Waals surface area contributed by atoms with Crippen molar-refractivity contribution in [2.24, 2.45) is 0 Å². The Balaban J connectivity index is 1.55. The van der Waals surface area contributed by atoms with E-state index in [-0.39, 0.29) is 16.8 Å². The van der Waals surface area contributed by atoms with Crippen LogP contribution in [0.25, 0.3) is 0 Å². The summed E-state index contributed by atoms with van der Waals surface area (Å²) in [7, 11) is -1.55. The molecule has 0 radical (unpaired) electrons. The van der Waals surface area contributed by atoms with Crippen LogP contribution in [-0.2, 0) is 21.2 Å². The highest BCUT2D eigenvalue weighted by atomic mass is 32.2. The lowest BCUT2D eigenvalue weighted by Gasteiger charge is -2.32. The van der Waals surface area contributed by atoms with E-state index in [1.807, 2.05) is 42.2 Å². The van der Waals surface area contributed by atoms with Crippen molar-refractivity contribution in [2.75, 3.05) is 33.2 Å². The number of nitrogens with zero attached hydrogens (tertiary/aromatic N) is 2. The van der Waals surface area contributed by atoms with Crippen LogP contribution >= 0.6 is 0 Å². The molecule has 1 saturated heterocycles. The lowest BCUT2D eigenvalue weighted by atomic mass is 10.1. The Morgan fingerprint density at radius 2 is 1.62 bits per heavy atom. The summed E-state index contributed by atoms with van der Waals surface area (Å²) >= 11 is 0. The monoisotopic (exact) mass is 415 g/mol. The van der Waals surface area contributed by atoms with Crippen molar-refractivity contribution in [3.8, 4) is 0 Å². The predicted octanol–water partition coefficient (Wildman–Crippen LogP) is 2.43. The van der Waals surface area contributed by atoms with Gasteiger partial charge in [0.05, 0.1) is 4.90 Å². The van der Waals surface area contributed by atoms with E-state index in [2.05, 4.69) is 16.7 Å². The van der Waals surface area contributed by atoms with E-state index < -0.39 is 10.0 Å². The Kier molecular flexibility index (Phi) is 7.05. The molecule has 1 heterocycles. The van der Waals surface area contributed by atoms with Crippen LogP contribution in [-0.4, -0.2) is 57.4 Å². The summed E-state index contributed by atoms with van der Waals surface area (Å²) < 4.78 is 28.0. The van der Waals surface area contributed by atoms with E-state index >= 15 is 0 Å². The number of hydrogen-bond donors (Lipinski definition) is 1. The van der Waals surface area contributed by atoms with Gasteiger partial charge in [0, 0.05) is 38.6 Å². The first-order valence-corrected chi connectivity index (χ1v) is 11.5. The highest BCUT2D eigenvalue weighted by Gasteiger charge is 2.20. The highest BCUT2D eigenvalue weighted by Crippen LogP contribution is 2.18. The summed E-state index contributed by atoms with van der Waals surface area (Å²) in [6.07, 6.45) is 1.05. The van der Waals surface area contributed by atoms with Crippen LogP contribution in [0.5, 0.6) is 0 Å². The predicted molar refractivity (Wildman–Crippen MR) is 114 cm³/mol. The SMILES string of the molecule is C[C@@H](NS(=O)(=O)c1ccc(CCC(=O)N2CCN(C)CC2)cc1)c1ccccc1.